The van der Waals surface area contributed by atoms with E-state index >= 15 is 0 Å². The summed E-state index contributed by atoms with van der Waals surface area (Å²) in [5.41, 5.74) is 3.24. The first-order chi connectivity index (χ1) is 8.06. The summed E-state index contributed by atoms with van der Waals surface area (Å²) in [6.07, 6.45) is 0. The Kier molecular flexibility index (Phi) is 3.69. The van der Waals surface area contributed by atoms with E-state index in [1.807, 2.05) is 32.0 Å². The van der Waals surface area contributed by atoms with Crippen molar-refractivity contribution in [1.29, 1.82) is 0 Å². The van der Waals surface area contributed by atoms with Crippen molar-refractivity contribution < 1.29 is 0 Å². The second-order valence-electron chi connectivity index (χ2n) is 4.09. The van der Waals surface area contributed by atoms with E-state index in [-0.39, 0.29) is 0 Å². The summed E-state index contributed by atoms with van der Waals surface area (Å²) in [6.45, 7) is 6.88. The molecule has 0 aliphatic heterocycles. The number of nitrogens with one attached hydrogen (secondary N) is 1. The van der Waals surface area contributed by atoms with Crippen molar-refractivity contribution in [2.24, 2.45) is 0 Å². The third-order valence-corrected chi connectivity index (χ3v) is 4.01. The maximum Gasteiger partial charge on any atom is 0.112 e. The molecule has 1 aromatic carbocycles. The predicted molar refractivity (Wildman–Crippen MR) is 75.1 cm³/mol. The summed E-state index contributed by atoms with van der Waals surface area (Å²) in [7, 11) is 0. The van der Waals surface area contributed by atoms with Crippen molar-refractivity contribution in [3.63, 3.8) is 0 Å². The van der Waals surface area contributed by atoms with E-state index in [2.05, 4.69) is 17.2 Å². The molecule has 0 atom stereocenters. The van der Waals surface area contributed by atoms with Crippen LogP contribution in [-0.4, -0.2) is 4.98 Å². The summed E-state index contributed by atoms with van der Waals surface area (Å²) in [6, 6.07) is 6.01. The van der Waals surface area contributed by atoms with E-state index < -0.39 is 0 Å². The van der Waals surface area contributed by atoms with Crippen molar-refractivity contribution >= 4 is 28.6 Å². The van der Waals surface area contributed by atoms with E-state index in [0.29, 0.717) is 0 Å². The summed E-state index contributed by atoms with van der Waals surface area (Å²) < 4.78 is 0. The summed E-state index contributed by atoms with van der Waals surface area (Å²) >= 11 is 7.88. The molecule has 1 heterocycles. The number of rotatable bonds is 3. The molecule has 1 N–H and O–H groups in total. The standard InChI is InChI=1S/C13H15ClN2S/c1-8-4-5-12(11(14)6-8)15-7-13-16-9(2)10(3)17-13/h4-6,15H,7H2,1-3H3. The van der Waals surface area contributed by atoms with Crippen LogP contribution in [0.15, 0.2) is 18.2 Å². The van der Waals surface area contributed by atoms with Gasteiger partial charge < -0.3 is 5.32 Å². The fourth-order valence-electron chi connectivity index (χ4n) is 1.55. The first-order valence-corrected chi connectivity index (χ1v) is 6.68. The average molecular weight is 267 g/mol. The van der Waals surface area contributed by atoms with Gasteiger partial charge in [0.05, 0.1) is 22.9 Å². The Bertz CT molecular complexity index is 515. The van der Waals surface area contributed by atoms with Gasteiger partial charge in [0, 0.05) is 4.88 Å². The number of nitrogens with zero attached hydrogens (tertiary/aromatic N) is 1. The molecule has 0 spiro atoms. The fourth-order valence-corrected chi connectivity index (χ4v) is 2.72. The highest BCUT2D eigenvalue weighted by atomic mass is 35.5. The van der Waals surface area contributed by atoms with Crippen LogP contribution in [0.4, 0.5) is 5.69 Å². The van der Waals surface area contributed by atoms with Crippen LogP contribution < -0.4 is 5.32 Å². The Morgan fingerprint density at radius 2 is 2.06 bits per heavy atom. The Balaban J connectivity index is 2.07. The number of aromatic nitrogens is 1. The van der Waals surface area contributed by atoms with Gasteiger partial charge in [-0.25, -0.2) is 4.98 Å². The van der Waals surface area contributed by atoms with Crippen LogP contribution in [0.2, 0.25) is 5.02 Å². The van der Waals surface area contributed by atoms with Gasteiger partial charge in [-0.05, 0) is 38.5 Å². The third kappa shape index (κ3) is 2.99. The Hall–Kier alpha value is -1.06. The van der Waals surface area contributed by atoms with Gasteiger partial charge in [0.1, 0.15) is 5.01 Å². The predicted octanol–water partition coefficient (Wildman–Crippen LogP) is 4.33. The zero-order valence-corrected chi connectivity index (χ0v) is 11.7. The van der Waals surface area contributed by atoms with E-state index in [9.17, 15) is 0 Å². The maximum atomic E-state index is 6.15. The van der Waals surface area contributed by atoms with Gasteiger partial charge in [0.2, 0.25) is 0 Å². The molecule has 90 valence electrons. The van der Waals surface area contributed by atoms with Crippen LogP contribution in [0.3, 0.4) is 0 Å². The van der Waals surface area contributed by atoms with Gasteiger partial charge >= 0.3 is 0 Å². The van der Waals surface area contributed by atoms with Crippen molar-refractivity contribution in [3.8, 4) is 0 Å². The Morgan fingerprint density at radius 3 is 2.65 bits per heavy atom. The molecule has 17 heavy (non-hydrogen) atoms. The average Bonchev–Trinajstić information content (AvgIpc) is 2.57. The molecule has 0 aliphatic rings. The molecule has 0 unspecified atom stereocenters. The number of benzene rings is 1. The molecule has 2 aromatic rings. The van der Waals surface area contributed by atoms with Gasteiger partial charge in [-0.15, -0.1) is 11.3 Å². The minimum absolute atomic E-state index is 0.724. The normalized spacial score (nSPS) is 10.6. The lowest BCUT2D eigenvalue weighted by Crippen LogP contribution is -1.99. The lowest BCUT2D eigenvalue weighted by Gasteiger charge is -2.07. The third-order valence-electron chi connectivity index (χ3n) is 2.63. The molecule has 0 saturated heterocycles. The molecular formula is C13H15ClN2S. The molecule has 0 fully saturated rings. The number of hydrogen-bond acceptors (Lipinski definition) is 3. The number of anilines is 1. The molecular weight excluding hydrogens is 252 g/mol. The van der Waals surface area contributed by atoms with Gasteiger partial charge in [0.15, 0.2) is 0 Å². The minimum atomic E-state index is 0.724. The quantitative estimate of drug-likeness (QED) is 0.894. The van der Waals surface area contributed by atoms with Crippen molar-refractivity contribution in [2.75, 3.05) is 5.32 Å². The number of hydrogen-bond donors (Lipinski definition) is 1. The number of thiazole rings is 1. The fraction of sp³-hybridized carbons (Fsp3) is 0.308. The first-order valence-electron chi connectivity index (χ1n) is 5.49. The molecule has 0 bridgehead atoms. The van der Waals surface area contributed by atoms with Crippen LogP contribution in [0.5, 0.6) is 0 Å². The van der Waals surface area contributed by atoms with Crippen LogP contribution in [-0.2, 0) is 6.54 Å². The SMILES string of the molecule is Cc1ccc(NCc2nc(C)c(C)s2)c(Cl)c1. The van der Waals surface area contributed by atoms with Crippen LogP contribution in [0, 0.1) is 20.8 Å². The number of aryl methyl sites for hydroxylation is 3. The van der Waals surface area contributed by atoms with Gasteiger partial charge in [-0.3, -0.25) is 0 Å². The molecule has 2 rings (SSSR count). The van der Waals surface area contributed by atoms with Crippen molar-refractivity contribution in [1.82, 2.24) is 4.98 Å². The van der Waals surface area contributed by atoms with Gasteiger partial charge in [0.25, 0.3) is 0 Å². The zero-order chi connectivity index (χ0) is 12.4. The monoisotopic (exact) mass is 266 g/mol. The van der Waals surface area contributed by atoms with Crippen molar-refractivity contribution in [2.45, 2.75) is 27.3 Å². The van der Waals surface area contributed by atoms with Crippen LogP contribution >= 0.6 is 22.9 Å². The minimum Gasteiger partial charge on any atom is -0.377 e. The highest BCUT2D eigenvalue weighted by Crippen LogP contribution is 2.24. The molecule has 1 aromatic heterocycles. The maximum absolute atomic E-state index is 6.15. The highest BCUT2D eigenvalue weighted by molar-refractivity contribution is 7.11. The largest absolute Gasteiger partial charge is 0.377 e. The summed E-state index contributed by atoms with van der Waals surface area (Å²) in [4.78, 5) is 5.76. The van der Waals surface area contributed by atoms with Crippen molar-refractivity contribution in [3.05, 3.63) is 44.4 Å². The van der Waals surface area contributed by atoms with Crippen LogP contribution in [0.1, 0.15) is 21.1 Å². The molecule has 2 nitrogen and oxygen atoms in total. The smallest absolute Gasteiger partial charge is 0.112 e. The first kappa shape index (κ1) is 12.4. The Morgan fingerprint density at radius 1 is 1.29 bits per heavy atom. The topological polar surface area (TPSA) is 24.9 Å². The molecule has 0 saturated carbocycles. The summed E-state index contributed by atoms with van der Waals surface area (Å²) in [5.74, 6) is 0. The summed E-state index contributed by atoms with van der Waals surface area (Å²) in [5, 5.41) is 5.17. The van der Waals surface area contributed by atoms with E-state index in [1.54, 1.807) is 11.3 Å². The lowest BCUT2D eigenvalue weighted by atomic mass is 10.2. The number of halogens is 1. The van der Waals surface area contributed by atoms with Gasteiger partial charge in [-0.2, -0.15) is 0 Å². The highest BCUT2D eigenvalue weighted by Gasteiger charge is 2.04. The van der Waals surface area contributed by atoms with Gasteiger partial charge in [-0.1, -0.05) is 17.7 Å². The lowest BCUT2D eigenvalue weighted by molar-refractivity contribution is 1.07. The van der Waals surface area contributed by atoms with E-state index in [4.69, 9.17) is 11.6 Å². The molecule has 0 amide bonds. The van der Waals surface area contributed by atoms with E-state index in [1.165, 1.54) is 10.4 Å². The van der Waals surface area contributed by atoms with Crippen LogP contribution in [0.25, 0.3) is 0 Å². The second-order valence-corrected chi connectivity index (χ2v) is 5.78. The van der Waals surface area contributed by atoms with E-state index in [0.717, 1.165) is 28.0 Å². The zero-order valence-electron chi connectivity index (χ0n) is 10.2. The molecule has 0 aliphatic carbocycles. The molecule has 0 radical (unpaired) electrons. The Labute approximate surface area is 111 Å². The molecule has 4 heteroatoms. The second kappa shape index (κ2) is 5.07.